The number of alkyl halides is 3. The van der Waals surface area contributed by atoms with E-state index >= 15 is 0 Å². The molecule has 0 heterocycles. The van der Waals surface area contributed by atoms with Gasteiger partial charge in [-0.1, -0.05) is 42.5 Å². The van der Waals surface area contributed by atoms with Gasteiger partial charge in [0.1, 0.15) is 0 Å². The van der Waals surface area contributed by atoms with Gasteiger partial charge in [-0.2, -0.15) is 13.2 Å². The minimum absolute atomic E-state index is 0.108. The van der Waals surface area contributed by atoms with E-state index in [0.717, 1.165) is 5.56 Å². The Hall–Kier alpha value is -2.41. The molecule has 2 aromatic rings. The van der Waals surface area contributed by atoms with Gasteiger partial charge < -0.3 is 10.6 Å². The number of anilines is 1. The summed E-state index contributed by atoms with van der Waals surface area (Å²) >= 11 is 1.51. The van der Waals surface area contributed by atoms with Crippen LogP contribution < -0.4 is 10.6 Å². The molecular weight excluding hydrogens is 373 g/mol. The monoisotopic (exact) mass is 394 g/mol. The van der Waals surface area contributed by atoms with Crippen molar-refractivity contribution < 1.29 is 18.0 Å². The lowest BCUT2D eigenvalue weighted by Gasteiger charge is -2.15. The van der Waals surface area contributed by atoms with Crippen molar-refractivity contribution in [2.24, 2.45) is 0 Å². The highest BCUT2D eigenvalue weighted by atomic mass is 32.2. The first kappa shape index (κ1) is 20.9. The topological polar surface area (TPSA) is 41.1 Å². The van der Waals surface area contributed by atoms with Gasteiger partial charge in [0, 0.05) is 18.8 Å². The van der Waals surface area contributed by atoms with Crippen molar-refractivity contribution in [2.75, 3.05) is 18.1 Å². The summed E-state index contributed by atoms with van der Waals surface area (Å²) in [6.07, 6.45) is -1.63. The predicted molar refractivity (Wildman–Crippen MR) is 105 cm³/mol. The van der Waals surface area contributed by atoms with E-state index in [-0.39, 0.29) is 11.5 Å². The Kier molecular flexibility index (Phi) is 7.79. The highest BCUT2D eigenvalue weighted by Crippen LogP contribution is 2.25. The molecule has 2 N–H and O–H groups in total. The normalized spacial score (nSPS) is 11.6. The van der Waals surface area contributed by atoms with Crippen LogP contribution in [0, 0.1) is 0 Å². The smallest absolute Gasteiger partial charge is 0.380 e. The summed E-state index contributed by atoms with van der Waals surface area (Å²) in [5.74, 6) is -0.338. The van der Waals surface area contributed by atoms with Crippen LogP contribution in [-0.4, -0.2) is 24.9 Å². The van der Waals surface area contributed by atoms with E-state index < -0.39 is 12.6 Å². The lowest BCUT2D eigenvalue weighted by atomic mass is 10.1. The largest absolute Gasteiger partial charge is 0.393 e. The SMILES string of the molecule is CS/C=C/CNC(=O)c1ccc(CC(F)(F)F)cc1NCc1ccccc1. The summed E-state index contributed by atoms with van der Waals surface area (Å²) in [6.45, 7) is 0.755. The summed E-state index contributed by atoms with van der Waals surface area (Å²) < 4.78 is 38.1. The van der Waals surface area contributed by atoms with Gasteiger partial charge in [-0.05, 0) is 34.9 Å². The maximum Gasteiger partial charge on any atom is 0.393 e. The number of hydrogen-bond acceptors (Lipinski definition) is 3. The van der Waals surface area contributed by atoms with Gasteiger partial charge in [0.2, 0.25) is 0 Å². The van der Waals surface area contributed by atoms with Crippen LogP contribution in [0.4, 0.5) is 18.9 Å². The molecule has 0 spiro atoms. The highest BCUT2D eigenvalue weighted by Gasteiger charge is 2.28. The van der Waals surface area contributed by atoms with Crippen molar-refractivity contribution >= 4 is 23.4 Å². The summed E-state index contributed by atoms with van der Waals surface area (Å²) in [4.78, 5) is 12.4. The zero-order valence-electron chi connectivity index (χ0n) is 14.8. The van der Waals surface area contributed by atoms with E-state index in [4.69, 9.17) is 0 Å². The first-order chi connectivity index (χ1) is 12.9. The van der Waals surface area contributed by atoms with E-state index in [9.17, 15) is 18.0 Å². The Bertz CT molecular complexity index is 777. The summed E-state index contributed by atoms with van der Waals surface area (Å²) in [5.41, 5.74) is 1.77. The van der Waals surface area contributed by atoms with Gasteiger partial charge in [-0.25, -0.2) is 0 Å². The lowest BCUT2D eigenvalue weighted by molar-refractivity contribution is -0.127. The number of carbonyl (C=O) groups is 1. The zero-order valence-corrected chi connectivity index (χ0v) is 15.7. The van der Waals surface area contributed by atoms with Crippen molar-refractivity contribution in [1.82, 2.24) is 5.32 Å². The number of amides is 1. The second kappa shape index (κ2) is 10.1. The summed E-state index contributed by atoms with van der Waals surface area (Å²) in [6, 6.07) is 13.6. The van der Waals surface area contributed by atoms with Crippen LogP contribution in [0.3, 0.4) is 0 Å². The van der Waals surface area contributed by atoms with Crippen molar-refractivity contribution in [3.05, 3.63) is 76.7 Å². The van der Waals surface area contributed by atoms with E-state index in [1.54, 1.807) is 6.08 Å². The fraction of sp³-hybridized carbons (Fsp3) is 0.250. The summed E-state index contributed by atoms with van der Waals surface area (Å²) in [7, 11) is 0. The fourth-order valence-corrected chi connectivity index (χ4v) is 2.75. The van der Waals surface area contributed by atoms with Gasteiger partial charge in [0.05, 0.1) is 12.0 Å². The van der Waals surface area contributed by atoms with Crippen molar-refractivity contribution in [3.63, 3.8) is 0 Å². The molecule has 27 heavy (non-hydrogen) atoms. The van der Waals surface area contributed by atoms with Crippen LogP contribution in [0.25, 0.3) is 0 Å². The van der Waals surface area contributed by atoms with Crippen LogP contribution in [0.2, 0.25) is 0 Å². The number of nitrogens with one attached hydrogen (secondary N) is 2. The Balaban J connectivity index is 2.19. The van der Waals surface area contributed by atoms with Crippen molar-refractivity contribution in [3.8, 4) is 0 Å². The van der Waals surface area contributed by atoms with Gasteiger partial charge in [0.25, 0.3) is 5.91 Å². The molecule has 1 amide bonds. The molecular formula is C20H21F3N2OS. The maximum absolute atomic E-state index is 12.7. The fourth-order valence-electron chi connectivity index (χ4n) is 2.46. The third kappa shape index (κ3) is 7.38. The average Bonchev–Trinajstić information content (AvgIpc) is 2.63. The molecule has 144 valence electrons. The molecule has 0 atom stereocenters. The Morgan fingerprint density at radius 2 is 1.85 bits per heavy atom. The first-order valence-electron chi connectivity index (χ1n) is 8.32. The number of rotatable bonds is 8. The molecule has 0 fully saturated rings. The molecule has 0 radical (unpaired) electrons. The Labute approximate surface area is 161 Å². The van der Waals surface area contributed by atoms with E-state index in [2.05, 4.69) is 10.6 Å². The second-order valence-corrected chi connectivity index (χ2v) is 6.57. The molecule has 7 heteroatoms. The van der Waals surface area contributed by atoms with Crippen LogP contribution in [0.5, 0.6) is 0 Å². The molecule has 0 saturated carbocycles. The predicted octanol–water partition coefficient (Wildman–Crippen LogP) is 5.01. The van der Waals surface area contributed by atoms with Crippen LogP contribution in [0.1, 0.15) is 21.5 Å². The second-order valence-electron chi connectivity index (χ2n) is 5.83. The molecule has 0 unspecified atom stereocenters. The highest BCUT2D eigenvalue weighted by molar-refractivity contribution is 8.01. The molecule has 3 nitrogen and oxygen atoms in total. The Morgan fingerprint density at radius 1 is 1.11 bits per heavy atom. The van der Waals surface area contributed by atoms with Crippen molar-refractivity contribution in [1.29, 1.82) is 0 Å². The number of thioether (sulfide) groups is 1. The molecule has 0 aliphatic heterocycles. The number of benzene rings is 2. The Morgan fingerprint density at radius 3 is 2.52 bits per heavy atom. The summed E-state index contributed by atoms with van der Waals surface area (Å²) in [5, 5.41) is 7.68. The van der Waals surface area contributed by atoms with Gasteiger partial charge in [0.15, 0.2) is 0 Å². The minimum atomic E-state index is -4.30. The standard InChI is InChI=1S/C20H21F3N2OS/c1-27-11-5-10-24-19(26)17-9-8-16(13-20(21,22)23)12-18(17)25-14-15-6-3-2-4-7-15/h2-9,11-12,25H,10,13-14H2,1H3,(H,24,26)/b11-5+. The minimum Gasteiger partial charge on any atom is -0.380 e. The quantitative estimate of drug-likeness (QED) is 0.661. The van der Waals surface area contributed by atoms with E-state index in [0.29, 0.717) is 24.3 Å². The first-order valence-corrected chi connectivity index (χ1v) is 9.61. The molecule has 2 aromatic carbocycles. The van der Waals surface area contributed by atoms with Crippen LogP contribution in [0.15, 0.2) is 60.0 Å². The van der Waals surface area contributed by atoms with Crippen molar-refractivity contribution in [2.45, 2.75) is 19.1 Å². The van der Waals surface area contributed by atoms with Gasteiger partial charge in [-0.15, -0.1) is 11.8 Å². The lowest BCUT2D eigenvalue weighted by Crippen LogP contribution is -2.24. The third-order valence-electron chi connectivity index (χ3n) is 3.67. The average molecular weight is 394 g/mol. The van der Waals surface area contributed by atoms with E-state index in [1.165, 1.54) is 30.0 Å². The van der Waals surface area contributed by atoms with E-state index in [1.807, 2.05) is 42.0 Å². The van der Waals surface area contributed by atoms with Crippen LogP contribution in [-0.2, 0) is 13.0 Å². The number of carbonyl (C=O) groups excluding carboxylic acids is 1. The number of hydrogen-bond donors (Lipinski definition) is 2. The molecule has 0 aromatic heterocycles. The number of halogens is 3. The molecule has 0 aliphatic carbocycles. The van der Waals surface area contributed by atoms with Gasteiger partial charge >= 0.3 is 6.18 Å². The molecule has 0 aliphatic rings. The molecule has 0 saturated heterocycles. The van der Waals surface area contributed by atoms with Gasteiger partial charge in [-0.3, -0.25) is 4.79 Å². The van der Waals surface area contributed by atoms with Crippen LogP contribution >= 0.6 is 11.8 Å². The zero-order chi connectivity index (χ0) is 19.7. The maximum atomic E-state index is 12.7. The molecule has 2 rings (SSSR count). The molecule has 0 bridgehead atoms. The third-order valence-corrected chi connectivity index (χ3v) is 4.14.